The highest BCUT2D eigenvalue weighted by atomic mass is 35.5. The molecule has 0 atom stereocenters. The summed E-state index contributed by atoms with van der Waals surface area (Å²) in [4.78, 5) is 0. The number of halogens is 2. The molecule has 4 heteroatoms. The monoisotopic (exact) mass is 266 g/mol. The molecule has 0 bridgehead atoms. The van der Waals surface area contributed by atoms with Crippen LogP contribution in [-0.2, 0) is 0 Å². The second-order valence-electron chi connectivity index (χ2n) is 3.23. The maximum atomic E-state index is 3.77. The Morgan fingerprint density at radius 2 is 0.875 bits per heavy atom. The zero-order chi connectivity index (χ0) is 10.2. The number of rotatable bonds is 8. The summed E-state index contributed by atoms with van der Waals surface area (Å²) < 4.78 is 0.903. The Morgan fingerprint density at radius 3 is 1.00 bits per heavy atom. The lowest BCUT2D eigenvalue weighted by Crippen LogP contribution is -3.00. The topological polar surface area (TPSA) is 35.0 Å². The van der Waals surface area contributed by atoms with Gasteiger partial charge < -0.3 is 23.0 Å². The molecule has 3 N–H and O–H groups in total. The fraction of sp³-hybridized carbons (Fsp3) is 0.333. The summed E-state index contributed by atoms with van der Waals surface area (Å²) in [7, 11) is 0. The Morgan fingerprint density at radius 1 is 0.688 bits per heavy atom. The van der Waals surface area contributed by atoms with E-state index in [2.05, 4.69) is 26.3 Å². The van der Waals surface area contributed by atoms with Gasteiger partial charge >= 0.3 is 0 Å². The Hall–Kier alpha value is -0.540. The molecular weight excluding hydrogens is 243 g/mol. The van der Waals surface area contributed by atoms with E-state index < -0.39 is 0 Å². The molecule has 0 unspecified atom stereocenters. The summed E-state index contributed by atoms with van der Waals surface area (Å²) in [6.07, 6.45) is 7.76. The third kappa shape index (κ3) is 8.74. The van der Waals surface area contributed by atoms with Crippen LogP contribution in [0.25, 0.3) is 0 Å². The molecule has 0 saturated carbocycles. The van der Waals surface area contributed by atoms with Crippen molar-refractivity contribution in [1.82, 2.24) is 6.15 Å². The van der Waals surface area contributed by atoms with Crippen LogP contribution in [0.1, 0.15) is 0 Å². The molecule has 0 aromatic rings. The van der Waals surface area contributed by atoms with Crippen molar-refractivity contribution in [3.8, 4) is 0 Å². The van der Waals surface area contributed by atoms with E-state index in [0.717, 1.165) is 30.7 Å². The van der Waals surface area contributed by atoms with Gasteiger partial charge in [0.2, 0.25) is 0 Å². The molecular formula is C12H24Cl2N2. The van der Waals surface area contributed by atoms with Gasteiger partial charge in [-0.1, -0.05) is 26.3 Å². The van der Waals surface area contributed by atoms with Crippen molar-refractivity contribution in [1.29, 1.82) is 0 Å². The van der Waals surface area contributed by atoms with Gasteiger partial charge in [-0.15, -0.1) is 12.4 Å². The van der Waals surface area contributed by atoms with Gasteiger partial charge in [-0.3, -0.25) is 0 Å². The summed E-state index contributed by atoms with van der Waals surface area (Å²) in [6.45, 7) is 18.8. The minimum absolute atomic E-state index is 0. The van der Waals surface area contributed by atoms with E-state index in [1.807, 2.05) is 24.3 Å². The third-order valence-corrected chi connectivity index (χ3v) is 2.07. The smallest absolute Gasteiger partial charge is 0.0978 e. The summed E-state index contributed by atoms with van der Waals surface area (Å²) in [5.41, 5.74) is 0. The summed E-state index contributed by atoms with van der Waals surface area (Å²) in [6, 6.07) is 0. The lowest BCUT2D eigenvalue weighted by Gasteiger charge is -2.35. The lowest BCUT2D eigenvalue weighted by molar-refractivity contribution is -0.906. The van der Waals surface area contributed by atoms with Crippen molar-refractivity contribution >= 4 is 12.4 Å². The van der Waals surface area contributed by atoms with Crippen LogP contribution in [0, 0.1) is 0 Å². The van der Waals surface area contributed by atoms with Gasteiger partial charge in [-0.25, -0.2) is 0 Å². The molecule has 0 aliphatic rings. The van der Waals surface area contributed by atoms with Crippen LogP contribution in [0.15, 0.2) is 50.6 Å². The summed E-state index contributed by atoms with van der Waals surface area (Å²) in [5.74, 6) is 0. The van der Waals surface area contributed by atoms with E-state index in [0.29, 0.717) is 0 Å². The molecule has 0 heterocycles. The average Bonchev–Trinajstić information content (AvgIpc) is 2.06. The number of quaternary nitrogens is 1. The highest BCUT2D eigenvalue weighted by Gasteiger charge is 2.20. The van der Waals surface area contributed by atoms with Gasteiger partial charge in [-0.2, -0.15) is 0 Å². The Labute approximate surface area is 112 Å². The minimum Gasteiger partial charge on any atom is -1.00 e. The summed E-state index contributed by atoms with van der Waals surface area (Å²) >= 11 is 0. The highest BCUT2D eigenvalue weighted by Crippen LogP contribution is 2.07. The van der Waals surface area contributed by atoms with Crippen LogP contribution >= 0.6 is 12.4 Å². The van der Waals surface area contributed by atoms with Crippen molar-refractivity contribution in [2.45, 2.75) is 0 Å². The van der Waals surface area contributed by atoms with Crippen molar-refractivity contribution in [2.75, 3.05) is 26.2 Å². The maximum Gasteiger partial charge on any atom is 0.0978 e. The van der Waals surface area contributed by atoms with Gasteiger partial charge in [0.05, 0.1) is 26.2 Å². The second kappa shape index (κ2) is 14.5. The fourth-order valence-electron chi connectivity index (χ4n) is 1.54. The molecule has 16 heavy (non-hydrogen) atoms. The van der Waals surface area contributed by atoms with Crippen LogP contribution in [-0.4, -0.2) is 30.7 Å². The zero-order valence-corrected chi connectivity index (χ0v) is 11.5. The zero-order valence-electron chi connectivity index (χ0n) is 9.91. The normalized spacial score (nSPS) is 8.50. The molecule has 0 fully saturated rings. The predicted octanol–water partition coefficient (Wildman–Crippen LogP) is 0.135. The highest BCUT2D eigenvalue weighted by molar-refractivity contribution is 5.85. The molecule has 0 aliphatic heterocycles. The molecule has 0 aliphatic carbocycles. The van der Waals surface area contributed by atoms with Gasteiger partial charge in [0.25, 0.3) is 0 Å². The summed E-state index contributed by atoms with van der Waals surface area (Å²) in [5, 5.41) is 0. The lowest BCUT2D eigenvalue weighted by atomic mass is 10.3. The van der Waals surface area contributed by atoms with E-state index in [-0.39, 0.29) is 31.0 Å². The van der Waals surface area contributed by atoms with Crippen molar-refractivity contribution in [3.63, 3.8) is 0 Å². The van der Waals surface area contributed by atoms with Crippen molar-refractivity contribution < 1.29 is 16.9 Å². The van der Waals surface area contributed by atoms with Crippen LogP contribution < -0.4 is 18.6 Å². The van der Waals surface area contributed by atoms with Gasteiger partial charge in [0.15, 0.2) is 0 Å². The van der Waals surface area contributed by atoms with Gasteiger partial charge in [0.1, 0.15) is 0 Å². The van der Waals surface area contributed by atoms with E-state index in [1.165, 1.54) is 0 Å². The van der Waals surface area contributed by atoms with Gasteiger partial charge in [-0.05, 0) is 24.3 Å². The first kappa shape index (κ1) is 24.6. The molecule has 96 valence electrons. The number of hydrogen-bond acceptors (Lipinski definition) is 1. The van der Waals surface area contributed by atoms with Crippen molar-refractivity contribution in [3.05, 3.63) is 50.6 Å². The molecule has 2 nitrogen and oxygen atoms in total. The minimum atomic E-state index is 0. The van der Waals surface area contributed by atoms with Crippen LogP contribution in [0.5, 0.6) is 0 Å². The first-order valence-electron chi connectivity index (χ1n) is 4.53. The van der Waals surface area contributed by atoms with Gasteiger partial charge in [0, 0.05) is 0 Å². The predicted molar refractivity (Wildman–Crippen MR) is 72.8 cm³/mol. The SMILES string of the molecule is C=CC[N+](CC=C)(CC=C)CC=C.Cl.N.[Cl-]. The molecule has 0 radical (unpaired) electrons. The quantitative estimate of drug-likeness (QED) is 0.492. The Bertz CT molecular complexity index is 158. The first-order valence-corrected chi connectivity index (χ1v) is 4.53. The van der Waals surface area contributed by atoms with E-state index in [1.54, 1.807) is 0 Å². The van der Waals surface area contributed by atoms with Crippen LogP contribution in [0.4, 0.5) is 0 Å². The van der Waals surface area contributed by atoms with Crippen LogP contribution in [0.3, 0.4) is 0 Å². The molecule has 0 spiro atoms. The van der Waals surface area contributed by atoms with E-state index >= 15 is 0 Å². The standard InChI is InChI=1S/C12H20N.2ClH.H3N/c1-5-9-13(10-6-2,11-7-3)12-8-4;;;/h5-8H,1-4,9-12H2;2*1H;1H3/q+1;;;/p-1. The maximum absolute atomic E-state index is 3.77. The fourth-order valence-corrected chi connectivity index (χ4v) is 1.54. The van der Waals surface area contributed by atoms with Crippen LogP contribution in [0.2, 0.25) is 0 Å². The average molecular weight is 267 g/mol. The Kier molecular flexibility index (Phi) is 22.2. The molecule has 0 rings (SSSR count). The first-order chi connectivity index (χ1) is 6.24. The molecule has 0 aromatic carbocycles. The third-order valence-electron chi connectivity index (χ3n) is 2.07. The Balaban J connectivity index is -0.000000240. The van der Waals surface area contributed by atoms with Crippen molar-refractivity contribution in [2.24, 2.45) is 0 Å². The molecule has 0 amide bonds. The number of hydrogen-bond donors (Lipinski definition) is 1. The number of nitrogens with zero attached hydrogens (tertiary/aromatic N) is 1. The molecule has 0 saturated heterocycles. The van der Waals surface area contributed by atoms with E-state index in [9.17, 15) is 0 Å². The second-order valence-corrected chi connectivity index (χ2v) is 3.23. The van der Waals surface area contributed by atoms with E-state index in [4.69, 9.17) is 0 Å². The molecule has 0 aromatic heterocycles. The largest absolute Gasteiger partial charge is 1.00 e.